The van der Waals surface area contributed by atoms with E-state index in [-0.39, 0.29) is 10.7 Å². The third-order valence-corrected chi connectivity index (χ3v) is 7.03. The van der Waals surface area contributed by atoms with Crippen molar-refractivity contribution in [2.45, 2.75) is 18.4 Å². The van der Waals surface area contributed by atoms with Crippen molar-refractivity contribution in [3.63, 3.8) is 0 Å². The van der Waals surface area contributed by atoms with E-state index < -0.39 is 10.0 Å². The van der Waals surface area contributed by atoms with E-state index in [0.717, 1.165) is 22.3 Å². The first-order valence-electron chi connectivity index (χ1n) is 11.0. The largest absolute Gasteiger partial charge is 0.326 e. The number of nitrogens with two attached hydrogens (primary N) is 2. The molecular formula is C27H23FN4O2S. The van der Waals surface area contributed by atoms with Gasteiger partial charge in [-0.15, -0.1) is 0 Å². The summed E-state index contributed by atoms with van der Waals surface area (Å²) in [5.41, 5.74) is 10.8. The highest BCUT2D eigenvalue weighted by atomic mass is 32.2. The molecule has 6 nitrogen and oxygen atoms in total. The SMILES string of the molecule is Cc1nn(-c2cccc(CN)c2)c2c(F)c(-c3ccc(-c4ccccc4S(N)(=O)=O)cc3)ccc12. The van der Waals surface area contributed by atoms with Gasteiger partial charge in [0, 0.05) is 23.1 Å². The number of primary sulfonamides is 1. The molecule has 1 aromatic heterocycles. The minimum absolute atomic E-state index is 0.0411. The lowest BCUT2D eigenvalue weighted by atomic mass is 9.99. The van der Waals surface area contributed by atoms with Crippen LogP contribution in [-0.2, 0) is 16.6 Å². The van der Waals surface area contributed by atoms with Crippen molar-refractivity contribution >= 4 is 20.9 Å². The first-order valence-corrected chi connectivity index (χ1v) is 12.5. The van der Waals surface area contributed by atoms with Gasteiger partial charge in [-0.1, -0.05) is 66.7 Å². The maximum Gasteiger partial charge on any atom is 0.238 e. The molecule has 0 saturated heterocycles. The van der Waals surface area contributed by atoms with E-state index >= 15 is 4.39 Å². The first kappa shape index (κ1) is 22.9. The Morgan fingerprint density at radius 2 is 1.57 bits per heavy atom. The highest BCUT2D eigenvalue weighted by Crippen LogP contribution is 2.34. The second-order valence-corrected chi connectivity index (χ2v) is 9.84. The molecule has 35 heavy (non-hydrogen) atoms. The van der Waals surface area contributed by atoms with Gasteiger partial charge in [-0.05, 0) is 41.8 Å². The number of benzene rings is 4. The maximum absolute atomic E-state index is 16.0. The molecule has 0 bridgehead atoms. The molecule has 0 radical (unpaired) electrons. The molecule has 4 N–H and O–H groups in total. The molecule has 5 rings (SSSR count). The molecule has 1 heterocycles. The fourth-order valence-electron chi connectivity index (χ4n) is 4.32. The Morgan fingerprint density at radius 1 is 0.886 bits per heavy atom. The molecule has 0 amide bonds. The van der Waals surface area contributed by atoms with Gasteiger partial charge in [-0.2, -0.15) is 5.10 Å². The Morgan fingerprint density at radius 3 is 2.26 bits per heavy atom. The molecule has 5 aromatic rings. The predicted octanol–water partition coefficient (Wildman–Crippen LogP) is 4.91. The summed E-state index contributed by atoms with van der Waals surface area (Å²) in [5, 5.41) is 10.7. The minimum atomic E-state index is -3.89. The summed E-state index contributed by atoms with van der Waals surface area (Å²) >= 11 is 0. The van der Waals surface area contributed by atoms with E-state index in [1.165, 1.54) is 6.07 Å². The van der Waals surface area contributed by atoms with E-state index in [2.05, 4.69) is 5.10 Å². The van der Waals surface area contributed by atoms with Gasteiger partial charge in [0.2, 0.25) is 10.0 Å². The van der Waals surface area contributed by atoms with Gasteiger partial charge in [-0.25, -0.2) is 22.6 Å². The highest BCUT2D eigenvalue weighted by molar-refractivity contribution is 7.89. The van der Waals surface area contributed by atoms with Gasteiger partial charge < -0.3 is 5.73 Å². The maximum atomic E-state index is 16.0. The van der Waals surface area contributed by atoms with Crippen molar-refractivity contribution in [1.29, 1.82) is 0 Å². The van der Waals surface area contributed by atoms with Crippen LogP contribution in [0.15, 0.2) is 89.8 Å². The van der Waals surface area contributed by atoms with Crippen LogP contribution in [0.5, 0.6) is 0 Å². The van der Waals surface area contributed by atoms with E-state index in [1.807, 2.05) is 37.3 Å². The third-order valence-electron chi connectivity index (χ3n) is 6.06. The van der Waals surface area contributed by atoms with Gasteiger partial charge in [0.25, 0.3) is 0 Å². The second kappa shape index (κ2) is 8.74. The van der Waals surface area contributed by atoms with Gasteiger partial charge in [0.15, 0.2) is 5.82 Å². The average molecular weight is 487 g/mol. The number of hydrogen-bond acceptors (Lipinski definition) is 4. The van der Waals surface area contributed by atoms with Gasteiger partial charge in [0.1, 0.15) is 5.52 Å². The lowest BCUT2D eigenvalue weighted by Gasteiger charge is -2.11. The molecule has 0 spiro atoms. The number of halogens is 1. The van der Waals surface area contributed by atoms with Crippen molar-refractivity contribution in [2.75, 3.05) is 0 Å². The van der Waals surface area contributed by atoms with Crippen LogP contribution in [-0.4, -0.2) is 18.2 Å². The lowest BCUT2D eigenvalue weighted by molar-refractivity contribution is 0.598. The summed E-state index contributed by atoms with van der Waals surface area (Å²) in [5.74, 6) is -0.390. The van der Waals surface area contributed by atoms with Crippen LogP contribution < -0.4 is 10.9 Å². The summed E-state index contributed by atoms with van der Waals surface area (Å²) in [6.45, 7) is 2.23. The molecule has 0 unspecified atom stereocenters. The van der Waals surface area contributed by atoms with E-state index in [0.29, 0.717) is 34.3 Å². The Labute approximate surface area is 202 Å². The quantitative estimate of drug-likeness (QED) is 0.368. The first-order chi connectivity index (χ1) is 16.8. The number of rotatable bonds is 5. The number of hydrogen-bond donors (Lipinski definition) is 2. The average Bonchev–Trinajstić information content (AvgIpc) is 3.21. The van der Waals surface area contributed by atoms with Crippen LogP contribution in [0.4, 0.5) is 4.39 Å². The molecule has 0 saturated carbocycles. The lowest BCUT2D eigenvalue weighted by Crippen LogP contribution is -2.13. The van der Waals surface area contributed by atoms with Crippen molar-refractivity contribution < 1.29 is 12.8 Å². The molecule has 0 fully saturated rings. The van der Waals surface area contributed by atoms with Crippen LogP contribution in [0.3, 0.4) is 0 Å². The summed E-state index contributed by atoms with van der Waals surface area (Å²) < 4.78 is 41.5. The van der Waals surface area contributed by atoms with Crippen LogP contribution in [0.1, 0.15) is 11.3 Å². The van der Waals surface area contributed by atoms with Crippen LogP contribution >= 0.6 is 0 Å². The number of nitrogens with zero attached hydrogens (tertiary/aromatic N) is 2. The Kier molecular flexibility index (Phi) is 5.72. The number of aromatic nitrogens is 2. The highest BCUT2D eigenvalue weighted by Gasteiger charge is 2.19. The van der Waals surface area contributed by atoms with Gasteiger partial charge in [0.05, 0.1) is 16.3 Å². The molecule has 176 valence electrons. The monoisotopic (exact) mass is 486 g/mol. The number of aryl methyl sites for hydroxylation is 1. The summed E-state index contributed by atoms with van der Waals surface area (Å²) in [7, 11) is -3.89. The van der Waals surface area contributed by atoms with Crippen LogP contribution in [0.25, 0.3) is 38.8 Å². The predicted molar refractivity (Wildman–Crippen MR) is 136 cm³/mol. The Bertz CT molecular complexity index is 1680. The fraction of sp³-hybridized carbons (Fsp3) is 0.0741. The molecule has 0 atom stereocenters. The zero-order valence-electron chi connectivity index (χ0n) is 18.9. The van der Waals surface area contributed by atoms with Crippen molar-refractivity contribution in [3.8, 4) is 27.9 Å². The zero-order valence-corrected chi connectivity index (χ0v) is 19.8. The molecule has 0 aliphatic rings. The third kappa shape index (κ3) is 4.12. The van der Waals surface area contributed by atoms with Crippen molar-refractivity contribution in [1.82, 2.24) is 9.78 Å². The van der Waals surface area contributed by atoms with E-state index in [4.69, 9.17) is 10.9 Å². The minimum Gasteiger partial charge on any atom is -0.326 e. The molecular weight excluding hydrogens is 463 g/mol. The molecule has 4 aromatic carbocycles. The normalized spacial score (nSPS) is 11.8. The number of sulfonamides is 1. The van der Waals surface area contributed by atoms with Crippen LogP contribution in [0, 0.1) is 12.7 Å². The standard InChI is InChI=1S/C27H23FN4O2S/c1-17-22-13-14-24(26(28)27(22)32(31-17)21-6-4-5-18(15-21)16-29)20-11-9-19(10-12-20)23-7-2-3-8-25(23)35(30,33)34/h2-15H,16,29H2,1H3,(H2,30,33,34). The number of fused-ring (bicyclic) bond motifs is 1. The molecule has 0 aliphatic heterocycles. The van der Waals surface area contributed by atoms with Crippen molar-refractivity contribution in [2.24, 2.45) is 10.9 Å². The van der Waals surface area contributed by atoms with Gasteiger partial charge >= 0.3 is 0 Å². The topological polar surface area (TPSA) is 104 Å². The second-order valence-electron chi connectivity index (χ2n) is 8.31. The Balaban J connectivity index is 1.62. The van der Waals surface area contributed by atoms with E-state index in [9.17, 15) is 8.42 Å². The summed E-state index contributed by atoms with van der Waals surface area (Å²) in [6, 6.07) is 24.7. The van der Waals surface area contributed by atoms with Crippen LogP contribution in [0.2, 0.25) is 0 Å². The van der Waals surface area contributed by atoms with E-state index in [1.54, 1.807) is 53.2 Å². The van der Waals surface area contributed by atoms with Gasteiger partial charge in [-0.3, -0.25) is 0 Å². The fourth-order valence-corrected chi connectivity index (χ4v) is 5.09. The molecule has 8 heteroatoms. The smallest absolute Gasteiger partial charge is 0.238 e. The molecule has 0 aliphatic carbocycles. The zero-order chi connectivity index (χ0) is 24.7. The summed E-state index contributed by atoms with van der Waals surface area (Å²) in [6.07, 6.45) is 0. The van der Waals surface area contributed by atoms with Crippen molar-refractivity contribution in [3.05, 3.63) is 102 Å². The summed E-state index contributed by atoms with van der Waals surface area (Å²) in [4.78, 5) is 0.0411. The Hall–Kier alpha value is -3.85.